The molecule has 2 atom stereocenters. The number of aliphatic hydroxyl groups excluding tert-OH is 1. The van der Waals surface area contributed by atoms with Gasteiger partial charge in [0.1, 0.15) is 0 Å². The van der Waals surface area contributed by atoms with Gasteiger partial charge in [-0.3, -0.25) is 0 Å². The lowest BCUT2D eigenvalue weighted by Gasteiger charge is -2.33. The Bertz CT molecular complexity index is 501. The van der Waals surface area contributed by atoms with Crippen LogP contribution in [0.5, 0.6) is 0 Å². The quantitative estimate of drug-likeness (QED) is 0.896. The highest BCUT2D eigenvalue weighted by Gasteiger charge is 2.26. The summed E-state index contributed by atoms with van der Waals surface area (Å²) < 4.78 is 0. The lowest BCUT2D eigenvalue weighted by Crippen LogP contribution is -2.44. The van der Waals surface area contributed by atoms with Gasteiger partial charge in [0.15, 0.2) is 0 Å². The van der Waals surface area contributed by atoms with E-state index in [-0.39, 0.29) is 18.2 Å². The molecule has 0 spiro atoms. The zero-order chi connectivity index (χ0) is 14.5. The normalized spacial score (nSPS) is 22.4. The Morgan fingerprint density at radius 3 is 1.86 bits per heavy atom. The van der Waals surface area contributed by atoms with E-state index < -0.39 is 0 Å². The van der Waals surface area contributed by atoms with Crippen molar-refractivity contribution in [1.29, 1.82) is 0 Å². The number of hydrogen-bond donors (Lipinski definition) is 2. The summed E-state index contributed by atoms with van der Waals surface area (Å²) in [6, 6.07) is 21.3. The van der Waals surface area contributed by atoms with E-state index in [1.807, 2.05) is 12.1 Å². The van der Waals surface area contributed by atoms with E-state index in [4.69, 9.17) is 0 Å². The molecule has 1 saturated carbocycles. The van der Waals surface area contributed by atoms with Crippen molar-refractivity contribution >= 4 is 0 Å². The Morgan fingerprint density at radius 1 is 0.810 bits per heavy atom. The molecule has 0 aromatic heterocycles. The van der Waals surface area contributed by atoms with Gasteiger partial charge in [0, 0.05) is 6.04 Å². The fourth-order valence-corrected chi connectivity index (χ4v) is 3.20. The first-order valence-corrected chi connectivity index (χ1v) is 7.88. The smallest absolute Gasteiger partial charge is 0.0693 e. The maximum absolute atomic E-state index is 10.2. The highest BCUT2D eigenvalue weighted by molar-refractivity contribution is 5.31. The summed E-state index contributed by atoms with van der Waals surface area (Å²) in [6.45, 7) is 0. The van der Waals surface area contributed by atoms with Crippen LogP contribution < -0.4 is 5.32 Å². The fourth-order valence-electron chi connectivity index (χ4n) is 3.20. The maximum Gasteiger partial charge on any atom is 0.0693 e. The molecule has 0 heterocycles. The van der Waals surface area contributed by atoms with Crippen LogP contribution in [0.4, 0.5) is 0 Å². The van der Waals surface area contributed by atoms with Gasteiger partial charge >= 0.3 is 0 Å². The molecule has 2 heteroatoms. The molecule has 0 amide bonds. The van der Waals surface area contributed by atoms with Crippen molar-refractivity contribution in [2.75, 3.05) is 0 Å². The molecule has 0 aliphatic heterocycles. The highest BCUT2D eigenvalue weighted by atomic mass is 16.3. The standard InChI is InChI=1S/C19H23NO/c21-18-14-8-7-13-17(18)20-19(15-9-3-1-4-10-15)16-11-5-2-6-12-16/h1-6,9-12,17-21H,7-8,13-14H2. The molecule has 21 heavy (non-hydrogen) atoms. The van der Waals surface area contributed by atoms with Crippen LogP contribution in [0.15, 0.2) is 60.7 Å². The molecule has 1 aliphatic carbocycles. The van der Waals surface area contributed by atoms with Crippen LogP contribution in [-0.2, 0) is 0 Å². The topological polar surface area (TPSA) is 32.3 Å². The second-order valence-corrected chi connectivity index (χ2v) is 5.88. The van der Waals surface area contributed by atoms with Gasteiger partial charge in [-0.25, -0.2) is 0 Å². The summed E-state index contributed by atoms with van der Waals surface area (Å²) in [6.07, 6.45) is 4.07. The Hall–Kier alpha value is -1.64. The van der Waals surface area contributed by atoms with Gasteiger partial charge in [0.2, 0.25) is 0 Å². The number of hydrogen-bond acceptors (Lipinski definition) is 2. The van der Waals surface area contributed by atoms with Crippen molar-refractivity contribution in [2.45, 2.75) is 43.9 Å². The molecule has 2 aromatic carbocycles. The second-order valence-electron chi connectivity index (χ2n) is 5.88. The van der Waals surface area contributed by atoms with Gasteiger partial charge in [0.25, 0.3) is 0 Å². The van der Waals surface area contributed by atoms with Crippen LogP contribution in [0.3, 0.4) is 0 Å². The van der Waals surface area contributed by atoms with E-state index in [1.54, 1.807) is 0 Å². The Labute approximate surface area is 126 Å². The average molecular weight is 281 g/mol. The molecule has 1 fully saturated rings. The molecule has 0 radical (unpaired) electrons. The van der Waals surface area contributed by atoms with Crippen molar-refractivity contribution in [3.05, 3.63) is 71.8 Å². The maximum atomic E-state index is 10.2. The predicted octanol–water partition coefficient (Wildman–Crippen LogP) is 3.67. The predicted molar refractivity (Wildman–Crippen MR) is 86.1 cm³/mol. The number of benzene rings is 2. The molecule has 2 aromatic rings. The first kappa shape index (κ1) is 14.3. The Morgan fingerprint density at radius 2 is 1.33 bits per heavy atom. The minimum Gasteiger partial charge on any atom is -0.392 e. The van der Waals surface area contributed by atoms with E-state index in [0.717, 1.165) is 19.3 Å². The Kier molecular flexibility index (Phi) is 4.69. The van der Waals surface area contributed by atoms with Crippen molar-refractivity contribution < 1.29 is 5.11 Å². The van der Waals surface area contributed by atoms with Crippen molar-refractivity contribution in [3.63, 3.8) is 0 Å². The third-order valence-corrected chi connectivity index (χ3v) is 4.38. The second kappa shape index (κ2) is 6.88. The molecule has 2 N–H and O–H groups in total. The molecule has 110 valence electrons. The van der Waals surface area contributed by atoms with E-state index in [2.05, 4.69) is 53.8 Å². The van der Waals surface area contributed by atoms with Crippen LogP contribution in [0.2, 0.25) is 0 Å². The van der Waals surface area contributed by atoms with E-state index in [0.29, 0.717) is 0 Å². The monoisotopic (exact) mass is 281 g/mol. The summed E-state index contributed by atoms with van der Waals surface area (Å²) in [4.78, 5) is 0. The largest absolute Gasteiger partial charge is 0.392 e. The molecule has 2 nitrogen and oxygen atoms in total. The Balaban J connectivity index is 1.86. The molecule has 3 rings (SSSR count). The summed E-state index contributed by atoms with van der Waals surface area (Å²) >= 11 is 0. The fraction of sp³-hybridized carbons (Fsp3) is 0.368. The van der Waals surface area contributed by atoms with Gasteiger partial charge in [-0.2, -0.15) is 0 Å². The minimum absolute atomic E-state index is 0.144. The molecular formula is C19H23NO. The van der Waals surface area contributed by atoms with E-state index in [9.17, 15) is 5.11 Å². The highest BCUT2D eigenvalue weighted by Crippen LogP contribution is 2.26. The number of nitrogens with one attached hydrogen (secondary N) is 1. The molecular weight excluding hydrogens is 258 g/mol. The lowest BCUT2D eigenvalue weighted by atomic mass is 9.90. The van der Waals surface area contributed by atoms with E-state index >= 15 is 0 Å². The van der Waals surface area contributed by atoms with Gasteiger partial charge < -0.3 is 10.4 Å². The molecule has 0 saturated heterocycles. The summed E-state index contributed by atoms with van der Waals surface area (Å²) in [5.41, 5.74) is 2.50. The van der Waals surface area contributed by atoms with Crippen LogP contribution in [0, 0.1) is 0 Å². The SMILES string of the molecule is OC1CCCCC1NC(c1ccccc1)c1ccccc1. The van der Waals surface area contributed by atoms with Gasteiger partial charge in [-0.1, -0.05) is 73.5 Å². The van der Waals surface area contributed by atoms with Gasteiger partial charge in [0.05, 0.1) is 12.1 Å². The van der Waals surface area contributed by atoms with Crippen LogP contribution in [-0.4, -0.2) is 17.3 Å². The molecule has 0 bridgehead atoms. The first-order valence-electron chi connectivity index (χ1n) is 7.88. The van der Waals surface area contributed by atoms with Crippen LogP contribution >= 0.6 is 0 Å². The molecule has 2 unspecified atom stereocenters. The van der Waals surface area contributed by atoms with Crippen LogP contribution in [0.1, 0.15) is 42.9 Å². The number of aliphatic hydroxyl groups is 1. The van der Waals surface area contributed by atoms with Crippen LogP contribution in [0.25, 0.3) is 0 Å². The van der Waals surface area contributed by atoms with E-state index in [1.165, 1.54) is 17.5 Å². The van der Waals surface area contributed by atoms with Crippen molar-refractivity contribution in [2.24, 2.45) is 0 Å². The van der Waals surface area contributed by atoms with Crippen molar-refractivity contribution in [1.82, 2.24) is 5.32 Å². The van der Waals surface area contributed by atoms with Gasteiger partial charge in [-0.05, 0) is 24.0 Å². The zero-order valence-electron chi connectivity index (χ0n) is 12.3. The van der Waals surface area contributed by atoms with Gasteiger partial charge in [-0.15, -0.1) is 0 Å². The molecule has 1 aliphatic rings. The number of rotatable bonds is 4. The average Bonchev–Trinajstić information content (AvgIpc) is 2.56. The summed E-state index contributed by atoms with van der Waals surface area (Å²) in [5, 5.41) is 13.9. The third kappa shape index (κ3) is 3.52. The summed E-state index contributed by atoms with van der Waals surface area (Å²) in [5.74, 6) is 0. The summed E-state index contributed by atoms with van der Waals surface area (Å²) in [7, 11) is 0. The minimum atomic E-state index is -0.228. The third-order valence-electron chi connectivity index (χ3n) is 4.38. The zero-order valence-corrected chi connectivity index (χ0v) is 12.3. The first-order chi connectivity index (χ1) is 10.3. The van der Waals surface area contributed by atoms with Crippen molar-refractivity contribution in [3.8, 4) is 0 Å². The lowest BCUT2D eigenvalue weighted by molar-refractivity contribution is 0.0872.